The summed E-state index contributed by atoms with van der Waals surface area (Å²) < 4.78 is 5.28. The Kier molecular flexibility index (Phi) is 4.23. The van der Waals surface area contributed by atoms with Crippen LogP contribution in [-0.4, -0.2) is 31.8 Å². The molecule has 0 bridgehead atoms. The van der Waals surface area contributed by atoms with Crippen LogP contribution in [0.25, 0.3) is 0 Å². The number of nitrogens with one attached hydrogen (secondary N) is 2. The second-order valence-corrected chi connectivity index (χ2v) is 5.15. The summed E-state index contributed by atoms with van der Waals surface area (Å²) in [6, 6.07) is 10.4. The van der Waals surface area contributed by atoms with Gasteiger partial charge in [-0.1, -0.05) is 30.3 Å². The van der Waals surface area contributed by atoms with E-state index in [4.69, 9.17) is 4.42 Å². The predicted octanol–water partition coefficient (Wildman–Crippen LogP) is 1.65. The van der Waals surface area contributed by atoms with E-state index in [9.17, 15) is 9.59 Å². The van der Waals surface area contributed by atoms with Crippen molar-refractivity contribution in [3.05, 3.63) is 63.5 Å². The average molecular weight is 311 g/mol. The van der Waals surface area contributed by atoms with Crippen LogP contribution in [0.1, 0.15) is 27.9 Å². The number of amidine groups is 1. The fourth-order valence-electron chi connectivity index (χ4n) is 2.45. The van der Waals surface area contributed by atoms with Crippen LogP contribution in [0.4, 0.5) is 5.88 Å². The highest BCUT2D eigenvalue weighted by Gasteiger charge is 2.21. The van der Waals surface area contributed by atoms with Gasteiger partial charge in [-0.2, -0.15) is 0 Å². The van der Waals surface area contributed by atoms with Gasteiger partial charge in [-0.25, -0.2) is 4.79 Å². The Balaban J connectivity index is 2.10. The fraction of sp³-hybridized carbons (Fsp3) is 0.235. The maximum atomic E-state index is 12.7. The Morgan fingerprint density at radius 1 is 1.30 bits per heavy atom. The number of carbonyl (C=O) groups is 1. The number of hydrogen-bond donors (Lipinski definition) is 2. The SMILES string of the molecule is CNc1oc(=O)c(C2=NCCCN2)cc1C(=O)c1ccccc1. The van der Waals surface area contributed by atoms with Gasteiger partial charge in [0.2, 0.25) is 5.88 Å². The van der Waals surface area contributed by atoms with Crippen LogP contribution in [0.3, 0.4) is 0 Å². The Bertz CT molecular complexity index is 810. The summed E-state index contributed by atoms with van der Waals surface area (Å²) in [6.07, 6.45) is 0.916. The molecule has 23 heavy (non-hydrogen) atoms. The average Bonchev–Trinajstić information content (AvgIpc) is 2.62. The fourth-order valence-corrected chi connectivity index (χ4v) is 2.45. The molecule has 0 fully saturated rings. The maximum Gasteiger partial charge on any atom is 0.348 e. The molecular weight excluding hydrogens is 294 g/mol. The van der Waals surface area contributed by atoms with Crippen molar-refractivity contribution in [2.24, 2.45) is 4.99 Å². The molecule has 0 unspecified atom stereocenters. The zero-order chi connectivity index (χ0) is 16.2. The minimum Gasteiger partial charge on any atom is -0.405 e. The highest BCUT2D eigenvalue weighted by Crippen LogP contribution is 2.19. The van der Waals surface area contributed by atoms with Crippen LogP contribution >= 0.6 is 0 Å². The van der Waals surface area contributed by atoms with E-state index in [1.54, 1.807) is 37.4 Å². The third-order valence-corrected chi connectivity index (χ3v) is 3.61. The van der Waals surface area contributed by atoms with E-state index in [2.05, 4.69) is 15.6 Å². The van der Waals surface area contributed by atoms with Crippen molar-refractivity contribution in [3.8, 4) is 0 Å². The molecule has 1 aliphatic rings. The molecule has 2 heterocycles. The van der Waals surface area contributed by atoms with Crippen molar-refractivity contribution in [3.63, 3.8) is 0 Å². The molecule has 0 amide bonds. The Labute approximate surface area is 133 Å². The van der Waals surface area contributed by atoms with E-state index in [1.807, 2.05) is 6.07 Å². The number of anilines is 1. The van der Waals surface area contributed by atoms with Crippen molar-refractivity contribution in [1.29, 1.82) is 0 Å². The molecule has 0 atom stereocenters. The van der Waals surface area contributed by atoms with Crippen molar-refractivity contribution < 1.29 is 9.21 Å². The van der Waals surface area contributed by atoms with Gasteiger partial charge in [-0.05, 0) is 12.5 Å². The van der Waals surface area contributed by atoms with E-state index >= 15 is 0 Å². The molecule has 118 valence electrons. The number of ketones is 1. The van der Waals surface area contributed by atoms with E-state index in [-0.39, 0.29) is 17.2 Å². The van der Waals surface area contributed by atoms with E-state index in [0.29, 0.717) is 23.5 Å². The number of nitrogens with zero attached hydrogens (tertiary/aromatic N) is 1. The quantitative estimate of drug-likeness (QED) is 0.839. The molecule has 3 rings (SSSR count). The molecule has 0 aliphatic carbocycles. The number of aliphatic imine (C=N–C) groups is 1. The van der Waals surface area contributed by atoms with Crippen molar-refractivity contribution in [2.45, 2.75) is 6.42 Å². The molecule has 2 N–H and O–H groups in total. The van der Waals surface area contributed by atoms with Crippen LogP contribution < -0.4 is 16.3 Å². The highest BCUT2D eigenvalue weighted by atomic mass is 16.4. The lowest BCUT2D eigenvalue weighted by Crippen LogP contribution is -2.34. The first-order valence-corrected chi connectivity index (χ1v) is 7.45. The first-order valence-electron chi connectivity index (χ1n) is 7.45. The summed E-state index contributed by atoms with van der Waals surface area (Å²) >= 11 is 0. The minimum absolute atomic E-state index is 0.156. The molecular formula is C17H17N3O3. The molecule has 6 nitrogen and oxygen atoms in total. The van der Waals surface area contributed by atoms with Crippen LogP contribution in [0.15, 0.2) is 50.6 Å². The number of hydrogen-bond acceptors (Lipinski definition) is 6. The van der Waals surface area contributed by atoms with Crippen LogP contribution in [-0.2, 0) is 0 Å². The monoisotopic (exact) mass is 311 g/mol. The van der Waals surface area contributed by atoms with Gasteiger partial charge in [0.15, 0.2) is 5.78 Å². The lowest BCUT2D eigenvalue weighted by atomic mass is 10.0. The van der Waals surface area contributed by atoms with Crippen LogP contribution in [0, 0.1) is 0 Å². The lowest BCUT2D eigenvalue weighted by molar-refractivity contribution is 0.103. The summed E-state index contributed by atoms with van der Waals surface area (Å²) in [4.78, 5) is 29.2. The maximum absolute atomic E-state index is 12.7. The lowest BCUT2D eigenvalue weighted by Gasteiger charge is -2.15. The van der Waals surface area contributed by atoms with Gasteiger partial charge >= 0.3 is 5.63 Å². The van der Waals surface area contributed by atoms with Crippen LogP contribution in [0.2, 0.25) is 0 Å². The molecule has 1 aliphatic heterocycles. The number of rotatable bonds is 4. The summed E-state index contributed by atoms with van der Waals surface area (Å²) in [5.74, 6) is 0.426. The standard InChI is InChI=1S/C17H17N3O3/c1-18-16-12(14(21)11-6-3-2-4-7-11)10-13(17(22)23-16)15-19-8-5-9-20-15/h2-4,6-7,10,18H,5,8-9H2,1H3,(H,19,20). The van der Waals surface area contributed by atoms with Crippen molar-refractivity contribution in [1.82, 2.24) is 5.32 Å². The van der Waals surface area contributed by atoms with Gasteiger partial charge in [0.1, 0.15) is 11.4 Å². The second-order valence-electron chi connectivity index (χ2n) is 5.15. The largest absolute Gasteiger partial charge is 0.405 e. The molecule has 0 saturated heterocycles. The van der Waals surface area contributed by atoms with E-state index in [1.165, 1.54) is 0 Å². The predicted molar refractivity (Wildman–Crippen MR) is 88.4 cm³/mol. The highest BCUT2D eigenvalue weighted by molar-refractivity contribution is 6.13. The summed E-state index contributed by atoms with van der Waals surface area (Å²) in [6.45, 7) is 1.39. The molecule has 0 spiro atoms. The van der Waals surface area contributed by atoms with Gasteiger partial charge in [0.25, 0.3) is 0 Å². The normalized spacial score (nSPS) is 13.9. The van der Waals surface area contributed by atoms with Gasteiger partial charge in [-0.15, -0.1) is 0 Å². The third-order valence-electron chi connectivity index (χ3n) is 3.61. The zero-order valence-corrected chi connectivity index (χ0v) is 12.8. The zero-order valence-electron chi connectivity index (χ0n) is 12.8. The Hall–Kier alpha value is -2.89. The van der Waals surface area contributed by atoms with Gasteiger partial charge in [0.05, 0.1) is 5.56 Å². The summed E-state index contributed by atoms with van der Waals surface area (Å²) in [7, 11) is 1.61. The van der Waals surface area contributed by atoms with Crippen molar-refractivity contribution in [2.75, 3.05) is 25.5 Å². The Morgan fingerprint density at radius 2 is 2.09 bits per heavy atom. The topological polar surface area (TPSA) is 83.7 Å². The van der Waals surface area contributed by atoms with Gasteiger partial charge in [0, 0.05) is 25.7 Å². The van der Waals surface area contributed by atoms with E-state index < -0.39 is 5.63 Å². The molecule has 1 aromatic carbocycles. The summed E-state index contributed by atoms with van der Waals surface area (Å²) in [5.41, 5.74) is 0.598. The first kappa shape index (κ1) is 15.0. The van der Waals surface area contributed by atoms with Crippen molar-refractivity contribution >= 4 is 17.5 Å². The molecule has 1 aromatic heterocycles. The molecule has 6 heteroatoms. The Morgan fingerprint density at radius 3 is 2.74 bits per heavy atom. The van der Waals surface area contributed by atoms with Crippen LogP contribution in [0.5, 0.6) is 0 Å². The van der Waals surface area contributed by atoms with Gasteiger partial charge in [-0.3, -0.25) is 9.79 Å². The van der Waals surface area contributed by atoms with E-state index in [0.717, 1.165) is 13.0 Å². The first-order chi connectivity index (χ1) is 11.2. The molecule has 2 aromatic rings. The number of carbonyl (C=O) groups excluding carboxylic acids is 1. The minimum atomic E-state index is -0.521. The summed E-state index contributed by atoms with van der Waals surface area (Å²) in [5, 5.41) is 5.85. The number of benzene rings is 1. The van der Waals surface area contributed by atoms with Gasteiger partial charge < -0.3 is 15.1 Å². The third kappa shape index (κ3) is 3.01. The second kappa shape index (κ2) is 6.48. The smallest absolute Gasteiger partial charge is 0.348 e. The molecule has 0 saturated carbocycles. The molecule has 0 radical (unpaired) electrons.